The number of benzene rings is 2. The van der Waals surface area contributed by atoms with Crippen LogP contribution in [0.5, 0.6) is 5.75 Å². The molecule has 0 saturated carbocycles. The van der Waals surface area contributed by atoms with Crippen molar-refractivity contribution in [2.24, 2.45) is 0 Å². The van der Waals surface area contributed by atoms with Crippen LogP contribution in [0.1, 0.15) is 17.4 Å². The van der Waals surface area contributed by atoms with Gasteiger partial charge in [-0.05, 0) is 43.3 Å². The van der Waals surface area contributed by atoms with Crippen molar-refractivity contribution in [3.63, 3.8) is 0 Å². The quantitative estimate of drug-likeness (QED) is 0.520. The average molecular weight is 390 g/mol. The van der Waals surface area contributed by atoms with Crippen LogP contribution in [0, 0.1) is 0 Å². The number of anilines is 1. The zero-order chi connectivity index (χ0) is 19.3. The average Bonchev–Trinajstić information content (AvgIpc) is 3.42. The van der Waals surface area contributed by atoms with Gasteiger partial charge in [-0.25, -0.2) is 9.97 Å². The summed E-state index contributed by atoms with van der Waals surface area (Å²) < 4.78 is 7.31. The van der Waals surface area contributed by atoms with Gasteiger partial charge in [-0.15, -0.1) is 11.3 Å². The van der Waals surface area contributed by atoms with Gasteiger partial charge in [-0.3, -0.25) is 4.79 Å². The number of carbonyl (C=O) groups excluding carboxylic acids is 1. The first-order chi connectivity index (χ1) is 13.7. The van der Waals surface area contributed by atoms with Crippen LogP contribution in [0.3, 0.4) is 0 Å². The molecular weight excluding hydrogens is 372 g/mol. The van der Waals surface area contributed by atoms with E-state index < -0.39 is 0 Å². The van der Waals surface area contributed by atoms with E-state index in [1.165, 1.54) is 11.3 Å². The zero-order valence-corrected chi connectivity index (χ0v) is 16.0. The van der Waals surface area contributed by atoms with Gasteiger partial charge in [0.2, 0.25) is 0 Å². The van der Waals surface area contributed by atoms with Crippen molar-refractivity contribution in [3.05, 3.63) is 78.3 Å². The minimum absolute atomic E-state index is 0.249. The Morgan fingerprint density at radius 3 is 2.75 bits per heavy atom. The summed E-state index contributed by atoms with van der Waals surface area (Å²) in [6, 6.07) is 15.3. The molecule has 140 valence electrons. The SMILES string of the molecule is CCOc1ccc(-c2nc(C(=O)Nc3ccccc3-n3ccnc3)cs2)cc1. The Morgan fingerprint density at radius 1 is 1.18 bits per heavy atom. The molecule has 1 N–H and O–H groups in total. The Morgan fingerprint density at radius 2 is 2.00 bits per heavy atom. The van der Waals surface area contributed by atoms with Gasteiger partial charge in [-0.1, -0.05) is 12.1 Å². The van der Waals surface area contributed by atoms with Gasteiger partial charge in [0.1, 0.15) is 16.5 Å². The number of rotatable bonds is 6. The third-order valence-electron chi connectivity index (χ3n) is 4.08. The highest BCUT2D eigenvalue weighted by Crippen LogP contribution is 2.27. The van der Waals surface area contributed by atoms with E-state index in [-0.39, 0.29) is 5.91 Å². The topological polar surface area (TPSA) is 69.0 Å². The lowest BCUT2D eigenvalue weighted by molar-refractivity contribution is 0.102. The Kier molecular flexibility index (Phi) is 5.16. The van der Waals surface area contributed by atoms with Gasteiger partial charge in [0, 0.05) is 23.3 Å². The van der Waals surface area contributed by atoms with Crippen LogP contribution < -0.4 is 10.1 Å². The molecule has 4 aromatic rings. The molecule has 0 fully saturated rings. The van der Waals surface area contributed by atoms with E-state index in [2.05, 4.69) is 15.3 Å². The van der Waals surface area contributed by atoms with E-state index in [4.69, 9.17) is 4.74 Å². The van der Waals surface area contributed by atoms with E-state index in [0.717, 1.165) is 22.0 Å². The number of aromatic nitrogens is 3. The number of nitrogens with one attached hydrogen (secondary N) is 1. The van der Waals surface area contributed by atoms with E-state index >= 15 is 0 Å². The summed E-state index contributed by atoms with van der Waals surface area (Å²) in [4.78, 5) is 21.3. The number of ether oxygens (including phenoxy) is 1. The third-order valence-corrected chi connectivity index (χ3v) is 4.98. The Labute approximate surface area is 166 Å². The number of amides is 1. The molecule has 2 aromatic heterocycles. The summed E-state index contributed by atoms with van der Waals surface area (Å²) in [6.07, 6.45) is 5.22. The van der Waals surface area contributed by atoms with Crippen molar-refractivity contribution in [1.82, 2.24) is 14.5 Å². The molecule has 2 heterocycles. The fourth-order valence-corrected chi connectivity index (χ4v) is 3.57. The third kappa shape index (κ3) is 3.79. The molecule has 4 rings (SSSR count). The zero-order valence-electron chi connectivity index (χ0n) is 15.2. The summed E-state index contributed by atoms with van der Waals surface area (Å²) >= 11 is 1.43. The number of para-hydroxylation sites is 2. The van der Waals surface area contributed by atoms with Gasteiger partial charge in [0.05, 0.1) is 24.3 Å². The van der Waals surface area contributed by atoms with Gasteiger partial charge in [0.25, 0.3) is 5.91 Å². The smallest absolute Gasteiger partial charge is 0.275 e. The lowest BCUT2D eigenvalue weighted by Crippen LogP contribution is -2.14. The summed E-state index contributed by atoms with van der Waals surface area (Å²) in [5, 5.41) is 5.50. The van der Waals surface area contributed by atoms with Crippen LogP contribution in [0.15, 0.2) is 72.6 Å². The van der Waals surface area contributed by atoms with Crippen molar-refractivity contribution in [3.8, 4) is 22.0 Å². The maximum Gasteiger partial charge on any atom is 0.275 e. The molecule has 0 spiro atoms. The summed E-state index contributed by atoms with van der Waals surface area (Å²) in [5.74, 6) is 0.567. The fraction of sp³-hybridized carbons (Fsp3) is 0.0952. The fourth-order valence-electron chi connectivity index (χ4n) is 2.76. The predicted molar refractivity (Wildman–Crippen MR) is 110 cm³/mol. The van der Waals surface area contributed by atoms with Gasteiger partial charge >= 0.3 is 0 Å². The number of nitrogens with zero attached hydrogens (tertiary/aromatic N) is 3. The first kappa shape index (κ1) is 17.9. The van der Waals surface area contributed by atoms with Crippen molar-refractivity contribution in [2.45, 2.75) is 6.92 Å². The van der Waals surface area contributed by atoms with Gasteiger partial charge < -0.3 is 14.6 Å². The number of hydrogen-bond acceptors (Lipinski definition) is 5. The second-order valence-electron chi connectivity index (χ2n) is 5.94. The predicted octanol–water partition coefficient (Wildman–Crippen LogP) is 4.65. The minimum Gasteiger partial charge on any atom is -0.494 e. The van der Waals surface area contributed by atoms with Gasteiger partial charge in [0.15, 0.2) is 0 Å². The van der Waals surface area contributed by atoms with Crippen molar-refractivity contribution in [1.29, 1.82) is 0 Å². The Bertz CT molecular complexity index is 1070. The molecule has 2 aromatic carbocycles. The number of hydrogen-bond donors (Lipinski definition) is 1. The lowest BCUT2D eigenvalue weighted by Gasteiger charge is -2.10. The molecule has 28 heavy (non-hydrogen) atoms. The first-order valence-corrected chi connectivity index (χ1v) is 9.70. The molecule has 0 bridgehead atoms. The Balaban J connectivity index is 1.53. The highest BCUT2D eigenvalue weighted by Gasteiger charge is 2.14. The van der Waals surface area contributed by atoms with E-state index in [9.17, 15) is 4.79 Å². The standard InChI is InChI=1S/C21H18N4O2S/c1-2-27-16-9-7-15(8-10-16)21-24-18(13-28-21)20(26)23-17-5-3-4-6-19(17)25-12-11-22-14-25/h3-14H,2H2,1H3,(H,23,26). The van der Waals surface area contributed by atoms with Crippen LogP contribution in [0.25, 0.3) is 16.3 Å². The van der Waals surface area contributed by atoms with Crippen LogP contribution >= 0.6 is 11.3 Å². The molecule has 0 aliphatic carbocycles. The largest absolute Gasteiger partial charge is 0.494 e. The maximum absolute atomic E-state index is 12.7. The Hall–Kier alpha value is -3.45. The molecule has 0 aliphatic heterocycles. The monoisotopic (exact) mass is 390 g/mol. The summed E-state index contributed by atoms with van der Waals surface area (Å²) in [5.41, 5.74) is 2.87. The maximum atomic E-state index is 12.7. The van der Waals surface area contributed by atoms with E-state index in [1.54, 1.807) is 17.9 Å². The molecule has 1 amide bonds. The number of imidazole rings is 1. The molecule has 0 unspecified atom stereocenters. The first-order valence-electron chi connectivity index (χ1n) is 8.82. The highest BCUT2D eigenvalue weighted by molar-refractivity contribution is 7.13. The molecule has 7 heteroatoms. The molecule has 0 radical (unpaired) electrons. The molecule has 6 nitrogen and oxygen atoms in total. The van der Waals surface area contributed by atoms with Crippen molar-refractivity contribution < 1.29 is 9.53 Å². The number of thiazole rings is 1. The normalized spacial score (nSPS) is 10.6. The van der Waals surface area contributed by atoms with Crippen molar-refractivity contribution in [2.75, 3.05) is 11.9 Å². The molecule has 0 aliphatic rings. The van der Waals surface area contributed by atoms with Crippen LogP contribution in [0.4, 0.5) is 5.69 Å². The second-order valence-corrected chi connectivity index (χ2v) is 6.79. The number of carbonyl (C=O) groups is 1. The van der Waals surface area contributed by atoms with E-state index in [1.807, 2.05) is 66.2 Å². The molecular formula is C21H18N4O2S. The minimum atomic E-state index is -0.249. The molecule has 0 saturated heterocycles. The summed E-state index contributed by atoms with van der Waals surface area (Å²) in [7, 11) is 0. The van der Waals surface area contributed by atoms with Crippen molar-refractivity contribution >= 4 is 22.9 Å². The van der Waals surface area contributed by atoms with E-state index in [0.29, 0.717) is 18.0 Å². The highest BCUT2D eigenvalue weighted by atomic mass is 32.1. The van der Waals surface area contributed by atoms with Crippen LogP contribution in [-0.4, -0.2) is 27.0 Å². The summed E-state index contributed by atoms with van der Waals surface area (Å²) in [6.45, 7) is 2.58. The van der Waals surface area contributed by atoms with Crippen LogP contribution in [-0.2, 0) is 0 Å². The van der Waals surface area contributed by atoms with Crippen LogP contribution in [0.2, 0.25) is 0 Å². The molecule has 0 atom stereocenters. The second kappa shape index (κ2) is 8.06. The lowest BCUT2D eigenvalue weighted by atomic mass is 10.2. The van der Waals surface area contributed by atoms with Gasteiger partial charge in [-0.2, -0.15) is 0 Å².